The number of anilines is 1. The number of nitrogens with one attached hydrogen (secondary N) is 1. The van der Waals surface area contributed by atoms with Crippen molar-refractivity contribution in [1.29, 1.82) is 0 Å². The third-order valence-corrected chi connectivity index (χ3v) is 5.18. The number of amidine groups is 1. The van der Waals surface area contributed by atoms with Crippen LogP contribution in [0.5, 0.6) is 17.2 Å². The van der Waals surface area contributed by atoms with Crippen LogP contribution in [0.1, 0.15) is 17.9 Å². The van der Waals surface area contributed by atoms with Gasteiger partial charge >= 0.3 is 6.03 Å². The lowest BCUT2D eigenvalue weighted by atomic mass is 9.84. The minimum atomic E-state index is -0.439. The van der Waals surface area contributed by atoms with E-state index in [1.165, 1.54) is 21.3 Å². The normalized spacial score (nSPS) is 20.7. The fraction of sp³-hybridized carbons (Fsp3) is 0.286. The maximum absolute atomic E-state index is 12.7. The molecule has 1 N–H and O–H groups in total. The summed E-state index contributed by atoms with van der Waals surface area (Å²) >= 11 is 0. The van der Waals surface area contributed by atoms with Gasteiger partial charge in [-0.3, -0.25) is 9.69 Å². The van der Waals surface area contributed by atoms with Gasteiger partial charge in [-0.15, -0.1) is 0 Å². The second-order valence-corrected chi connectivity index (χ2v) is 6.75. The summed E-state index contributed by atoms with van der Waals surface area (Å²) in [6.45, 7) is 0. The molecule has 4 rings (SSSR count). The van der Waals surface area contributed by atoms with E-state index in [0.29, 0.717) is 23.1 Å². The van der Waals surface area contributed by atoms with Crippen LogP contribution in [0.15, 0.2) is 47.5 Å². The van der Waals surface area contributed by atoms with E-state index in [2.05, 4.69) is 10.3 Å². The molecule has 0 unspecified atom stereocenters. The highest BCUT2D eigenvalue weighted by Crippen LogP contribution is 2.44. The van der Waals surface area contributed by atoms with Gasteiger partial charge in [0.2, 0.25) is 11.7 Å². The van der Waals surface area contributed by atoms with Gasteiger partial charge in [0.25, 0.3) is 0 Å². The summed E-state index contributed by atoms with van der Waals surface area (Å²) < 4.78 is 16.3. The van der Waals surface area contributed by atoms with Crippen molar-refractivity contribution < 1.29 is 23.8 Å². The zero-order valence-electron chi connectivity index (χ0n) is 16.3. The molecule has 3 amide bonds. The van der Waals surface area contributed by atoms with Crippen molar-refractivity contribution in [2.45, 2.75) is 18.4 Å². The van der Waals surface area contributed by atoms with Crippen LogP contribution in [0.4, 0.5) is 10.5 Å². The number of fused-ring (bicyclic) bond motifs is 1. The van der Waals surface area contributed by atoms with Gasteiger partial charge in [-0.1, -0.05) is 18.2 Å². The molecule has 2 aliphatic heterocycles. The maximum Gasteiger partial charge on any atom is 0.350 e. The molecule has 2 aromatic rings. The van der Waals surface area contributed by atoms with E-state index < -0.39 is 12.1 Å². The summed E-state index contributed by atoms with van der Waals surface area (Å²) in [5.41, 5.74) is 1.51. The molecule has 2 aliphatic rings. The number of urea groups is 1. The Hall–Kier alpha value is -3.55. The second kappa shape index (κ2) is 7.46. The first-order chi connectivity index (χ1) is 14.1. The number of carbonyl (C=O) groups is 2. The van der Waals surface area contributed by atoms with Crippen LogP contribution in [0.2, 0.25) is 0 Å². The van der Waals surface area contributed by atoms with Crippen LogP contribution in [0.3, 0.4) is 0 Å². The average molecular weight is 395 g/mol. The summed E-state index contributed by atoms with van der Waals surface area (Å²) in [6.07, 6.45) is 0.193. The Morgan fingerprint density at radius 2 is 1.66 bits per heavy atom. The van der Waals surface area contributed by atoms with Gasteiger partial charge in [-0.25, -0.2) is 4.79 Å². The molecule has 150 valence electrons. The zero-order valence-corrected chi connectivity index (χ0v) is 16.3. The van der Waals surface area contributed by atoms with E-state index in [1.54, 1.807) is 4.90 Å². The second-order valence-electron chi connectivity index (χ2n) is 6.75. The molecule has 0 spiro atoms. The number of piperidine rings is 1. The number of benzene rings is 2. The standard InChI is InChI=1S/C21H21N3O5/c1-27-15-9-12(10-16(28-2)19(15)29-3)14-11-17(25)22-20-18(14)24(21(26)23-20)13-7-5-4-6-8-13/h4-10,14,18H,11H2,1-3H3,(H,22,23,25,26)/t14-,18+/m0/s1. The lowest BCUT2D eigenvalue weighted by Crippen LogP contribution is -2.53. The van der Waals surface area contributed by atoms with Gasteiger partial charge in [-0.2, -0.15) is 4.99 Å². The molecule has 0 bridgehead atoms. The molecule has 0 aliphatic carbocycles. The monoisotopic (exact) mass is 395 g/mol. The molecule has 8 heteroatoms. The third kappa shape index (κ3) is 3.16. The number of amides is 3. The maximum atomic E-state index is 12.7. The van der Waals surface area contributed by atoms with Crippen LogP contribution < -0.4 is 24.4 Å². The van der Waals surface area contributed by atoms with Crippen LogP contribution in [-0.2, 0) is 4.79 Å². The Morgan fingerprint density at radius 3 is 2.24 bits per heavy atom. The van der Waals surface area contributed by atoms with Crippen LogP contribution in [-0.4, -0.2) is 45.1 Å². The smallest absolute Gasteiger partial charge is 0.350 e. The predicted octanol–water partition coefficient (Wildman–Crippen LogP) is 2.72. The largest absolute Gasteiger partial charge is 0.493 e. The van der Waals surface area contributed by atoms with E-state index in [1.807, 2.05) is 42.5 Å². The predicted molar refractivity (Wildman–Crippen MR) is 107 cm³/mol. The SMILES string of the molecule is COc1cc([C@@H]2CC(=O)NC3=NC(=O)N(c4ccccc4)[C@@H]32)cc(OC)c1OC. The highest BCUT2D eigenvalue weighted by atomic mass is 16.5. The van der Waals surface area contributed by atoms with Crippen molar-refractivity contribution in [3.05, 3.63) is 48.0 Å². The quantitative estimate of drug-likeness (QED) is 0.841. The molecule has 8 nitrogen and oxygen atoms in total. The van der Waals surface area contributed by atoms with Gasteiger partial charge in [-0.05, 0) is 29.8 Å². The Bertz CT molecular complexity index is 964. The summed E-state index contributed by atoms with van der Waals surface area (Å²) in [5.74, 6) is 1.28. The number of carbonyl (C=O) groups excluding carboxylic acids is 2. The first-order valence-corrected chi connectivity index (χ1v) is 9.14. The molecule has 0 radical (unpaired) electrons. The number of para-hydroxylation sites is 1. The fourth-order valence-corrected chi connectivity index (χ4v) is 3.92. The van der Waals surface area contributed by atoms with Crippen molar-refractivity contribution in [3.63, 3.8) is 0 Å². The van der Waals surface area contributed by atoms with Crippen molar-refractivity contribution in [2.75, 3.05) is 26.2 Å². The Morgan fingerprint density at radius 1 is 1.00 bits per heavy atom. The molecule has 2 aromatic carbocycles. The number of aliphatic imine (C=N–C) groups is 1. The van der Waals surface area contributed by atoms with Crippen molar-refractivity contribution in [3.8, 4) is 17.2 Å². The molecular weight excluding hydrogens is 374 g/mol. The van der Waals surface area contributed by atoms with E-state index in [-0.39, 0.29) is 18.2 Å². The zero-order chi connectivity index (χ0) is 20.5. The van der Waals surface area contributed by atoms with Gasteiger partial charge in [0.1, 0.15) is 11.9 Å². The molecular formula is C21H21N3O5. The summed E-state index contributed by atoms with van der Waals surface area (Å²) in [7, 11) is 4.61. The number of ether oxygens (including phenoxy) is 3. The molecule has 0 saturated carbocycles. The highest BCUT2D eigenvalue weighted by Gasteiger charge is 2.46. The highest BCUT2D eigenvalue weighted by molar-refractivity contribution is 6.19. The molecule has 2 atom stereocenters. The molecule has 2 heterocycles. The van der Waals surface area contributed by atoms with Crippen LogP contribution in [0, 0.1) is 0 Å². The van der Waals surface area contributed by atoms with Gasteiger partial charge in [0.15, 0.2) is 11.5 Å². The average Bonchev–Trinajstić information content (AvgIpc) is 3.07. The summed E-state index contributed by atoms with van der Waals surface area (Å²) in [5, 5.41) is 2.75. The molecule has 0 aromatic heterocycles. The number of nitrogens with zero attached hydrogens (tertiary/aromatic N) is 2. The first kappa shape index (κ1) is 18.8. The van der Waals surface area contributed by atoms with Gasteiger partial charge in [0.05, 0.1) is 21.3 Å². The van der Waals surface area contributed by atoms with Crippen LogP contribution in [0.25, 0.3) is 0 Å². The van der Waals surface area contributed by atoms with Crippen molar-refractivity contribution in [2.24, 2.45) is 4.99 Å². The van der Waals surface area contributed by atoms with E-state index in [4.69, 9.17) is 14.2 Å². The Labute approximate surface area is 168 Å². The minimum absolute atomic E-state index is 0.193. The summed E-state index contributed by atoms with van der Waals surface area (Å²) in [4.78, 5) is 30.8. The molecule has 29 heavy (non-hydrogen) atoms. The number of methoxy groups -OCH3 is 3. The minimum Gasteiger partial charge on any atom is -0.493 e. The van der Waals surface area contributed by atoms with Crippen molar-refractivity contribution >= 4 is 23.5 Å². The molecule has 1 saturated heterocycles. The number of rotatable bonds is 5. The lowest BCUT2D eigenvalue weighted by Gasteiger charge is -2.35. The summed E-state index contributed by atoms with van der Waals surface area (Å²) in [6, 6.07) is 12.1. The topological polar surface area (TPSA) is 89.5 Å². The van der Waals surface area contributed by atoms with Gasteiger partial charge < -0.3 is 19.5 Å². The number of hydrogen-bond donors (Lipinski definition) is 1. The van der Waals surface area contributed by atoms with E-state index >= 15 is 0 Å². The van der Waals surface area contributed by atoms with E-state index in [9.17, 15) is 9.59 Å². The lowest BCUT2D eigenvalue weighted by molar-refractivity contribution is -0.120. The third-order valence-electron chi connectivity index (χ3n) is 5.18. The van der Waals surface area contributed by atoms with E-state index in [0.717, 1.165) is 11.3 Å². The Kier molecular flexibility index (Phi) is 4.84. The Balaban J connectivity index is 1.83. The van der Waals surface area contributed by atoms with Gasteiger partial charge in [0, 0.05) is 18.0 Å². The van der Waals surface area contributed by atoms with Crippen LogP contribution >= 0.6 is 0 Å². The first-order valence-electron chi connectivity index (χ1n) is 9.14. The van der Waals surface area contributed by atoms with Crippen molar-refractivity contribution in [1.82, 2.24) is 5.32 Å². The number of hydrogen-bond acceptors (Lipinski definition) is 5. The fourth-order valence-electron chi connectivity index (χ4n) is 3.92. The molecule has 1 fully saturated rings.